The zero-order valence-corrected chi connectivity index (χ0v) is 12.6. The summed E-state index contributed by atoms with van der Waals surface area (Å²) in [6.45, 7) is 1.42. The average Bonchev–Trinajstić information content (AvgIpc) is 2.43. The van der Waals surface area contributed by atoms with Gasteiger partial charge in [0.25, 0.3) is 0 Å². The normalized spacial score (nSPS) is 10.5. The lowest BCUT2D eigenvalue weighted by Gasteiger charge is -2.09. The van der Waals surface area contributed by atoms with Crippen molar-refractivity contribution in [1.29, 1.82) is 0 Å². The Hall–Kier alpha value is -1.78. The number of nitrogens with two attached hydrogens (primary N) is 1. The zero-order valence-electron chi connectivity index (χ0n) is 11.1. The number of ether oxygens (including phenoxy) is 1. The maximum Gasteiger partial charge on any atom is 0.341 e. The van der Waals surface area contributed by atoms with Crippen molar-refractivity contribution in [3.63, 3.8) is 0 Å². The third kappa shape index (κ3) is 3.65. The quantitative estimate of drug-likeness (QED) is 0.672. The molecule has 0 heterocycles. The minimum Gasteiger partial charge on any atom is -0.457 e. The molecular formula is C15H12Cl2FNO2. The van der Waals surface area contributed by atoms with Gasteiger partial charge in [-0.25, -0.2) is 9.18 Å². The van der Waals surface area contributed by atoms with Crippen molar-refractivity contribution in [2.45, 2.75) is 13.5 Å². The number of esters is 1. The van der Waals surface area contributed by atoms with E-state index in [-0.39, 0.29) is 17.7 Å². The number of halogens is 3. The molecule has 6 heteroatoms. The predicted octanol–water partition coefficient (Wildman–Crippen LogP) is 4.38. The second-order valence-electron chi connectivity index (χ2n) is 4.51. The first-order chi connectivity index (χ1) is 9.88. The van der Waals surface area contributed by atoms with Gasteiger partial charge in [-0.1, -0.05) is 23.2 Å². The summed E-state index contributed by atoms with van der Waals surface area (Å²) in [4.78, 5) is 11.9. The fourth-order valence-electron chi connectivity index (χ4n) is 1.82. The van der Waals surface area contributed by atoms with E-state index in [4.69, 9.17) is 33.7 Å². The molecule has 0 saturated carbocycles. The molecule has 0 aliphatic rings. The molecule has 0 unspecified atom stereocenters. The summed E-state index contributed by atoms with van der Waals surface area (Å²) in [6.07, 6.45) is 0. The number of carbonyl (C=O) groups is 1. The minimum atomic E-state index is -0.807. The maximum atomic E-state index is 13.9. The molecule has 0 bridgehead atoms. The van der Waals surface area contributed by atoms with Crippen molar-refractivity contribution in [3.05, 3.63) is 62.9 Å². The van der Waals surface area contributed by atoms with Crippen LogP contribution in [0.4, 0.5) is 10.1 Å². The van der Waals surface area contributed by atoms with Crippen LogP contribution in [0.1, 0.15) is 21.5 Å². The summed E-state index contributed by atoms with van der Waals surface area (Å²) >= 11 is 11.8. The minimum absolute atomic E-state index is 0.106. The molecule has 2 rings (SSSR count). The highest BCUT2D eigenvalue weighted by Gasteiger charge is 2.16. The summed E-state index contributed by atoms with van der Waals surface area (Å²) < 4.78 is 19.0. The molecule has 0 radical (unpaired) electrons. The molecule has 0 aliphatic carbocycles. The average molecular weight is 328 g/mol. The highest BCUT2D eigenvalue weighted by molar-refractivity contribution is 6.33. The van der Waals surface area contributed by atoms with Crippen molar-refractivity contribution in [3.8, 4) is 0 Å². The molecule has 2 aromatic rings. The fraction of sp³-hybridized carbons (Fsp3) is 0.133. The molecule has 110 valence electrons. The van der Waals surface area contributed by atoms with Crippen molar-refractivity contribution < 1.29 is 13.9 Å². The van der Waals surface area contributed by atoms with Gasteiger partial charge in [-0.05, 0) is 42.8 Å². The lowest BCUT2D eigenvalue weighted by molar-refractivity contribution is 0.0467. The Bertz CT molecular complexity index is 704. The van der Waals surface area contributed by atoms with Crippen LogP contribution in [0.2, 0.25) is 10.0 Å². The first kappa shape index (κ1) is 15.6. The largest absolute Gasteiger partial charge is 0.457 e. The van der Waals surface area contributed by atoms with Crippen LogP contribution in [-0.2, 0) is 11.3 Å². The molecule has 0 fully saturated rings. The number of rotatable bonds is 3. The lowest BCUT2D eigenvalue weighted by Crippen LogP contribution is -2.09. The van der Waals surface area contributed by atoms with Crippen molar-refractivity contribution >= 4 is 34.9 Å². The third-order valence-corrected chi connectivity index (χ3v) is 3.47. The summed E-state index contributed by atoms with van der Waals surface area (Å²) in [6, 6.07) is 7.48. The van der Waals surface area contributed by atoms with E-state index in [9.17, 15) is 9.18 Å². The number of anilines is 1. The lowest BCUT2D eigenvalue weighted by atomic mass is 10.1. The van der Waals surface area contributed by atoms with E-state index in [1.54, 1.807) is 18.2 Å². The number of aryl methyl sites for hydroxylation is 1. The molecule has 0 amide bonds. The van der Waals surface area contributed by atoms with E-state index in [2.05, 4.69) is 0 Å². The van der Waals surface area contributed by atoms with E-state index in [0.29, 0.717) is 21.3 Å². The van der Waals surface area contributed by atoms with Gasteiger partial charge < -0.3 is 10.5 Å². The van der Waals surface area contributed by atoms with Gasteiger partial charge in [-0.2, -0.15) is 0 Å². The Morgan fingerprint density at radius 3 is 2.71 bits per heavy atom. The molecule has 0 spiro atoms. The summed E-state index contributed by atoms with van der Waals surface area (Å²) in [5.41, 5.74) is 6.52. The topological polar surface area (TPSA) is 52.3 Å². The molecule has 21 heavy (non-hydrogen) atoms. The fourth-order valence-corrected chi connectivity index (χ4v) is 2.19. The number of carbonyl (C=O) groups excluding carboxylic acids is 1. The smallest absolute Gasteiger partial charge is 0.341 e. The second kappa shape index (κ2) is 6.33. The summed E-state index contributed by atoms with van der Waals surface area (Å²) in [7, 11) is 0. The van der Waals surface area contributed by atoms with Crippen molar-refractivity contribution in [2.24, 2.45) is 0 Å². The van der Waals surface area contributed by atoms with Gasteiger partial charge in [0, 0.05) is 21.3 Å². The van der Waals surface area contributed by atoms with Crippen LogP contribution in [0.15, 0.2) is 30.3 Å². The Labute approximate surface area is 131 Å². The van der Waals surface area contributed by atoms with Crippen molar-refractivity contribution in [2.75, 3.05) is 5.73 Å². The molecular weight excluding hydrogens is 316 g/mol. The van der Waals surface area contributed by atoms with Gasteiger partial charge in [0.1, 0.15) is 12.4 Å². The third-order valence-electron chi connectivity index (χ3n) is 2.86. The van der Waals surface area contributed by atoms with Gasteiger partial charge in [0.05, 0.1) is 5.56 Å². The highest BCUT2D eigenvalue weighted by Crippen LogP contribution is 2.23. The molecule has 2 aromatic carbocycles. The number of hydrogen-bond donors (Lipinski definition) is 1. The summed E-state index contributed by atoms with van der Waals surface area (Å²) in [5, 5.41) is 0.882. The maximum absolute atomic E-state index is 13.9. The Morgan fingerprint density at radius 2 is 2.00 bits per heavy atom. The molecule has 0 aliphatic heterocycles. The van der Waals surface area contributed by atoms with E-state index >= 15 is 0 Å². The van der Waals surface area contributed by atoms with Crippen LogP contribution in [0.5, 0.6) is 0 Å². The van der Waals surface area contributed by atoms with Crippen molar-refractivity contribution in [1.82, 2.24) is 0 Å². The van der Waals surface area contributed by atoms with E-state index in [1.807, 2.05) is 0 Å². The zero-order chi connectivity index (χ0) is 15.6. The van der Waals surface area contributed by atoms with E-state index in [1.165, 1.54) is 19.1 Å². The first-order valence-corrected chi connectivity index (χ1v) is 6.80. The summed E-state index contributed by atoms with van der Waals surface area (Å²) in [5.74, 6) is -1.45. The van der Waals surface area contributed by atoms with E-state index in [0.717, 1.165) is 0 Å². The molecule has 2 N–H and O–H groups in total. The highest BCUT2D eigenvalue weighted by atomic mass is 35.5. The van der Waals surface area contributed by atoms with Crippen LogP contribution in [0.3, 0.4) is 0 Å². The first-order valence-electron chi connectivity index (χ1n) is 6.05. The Kier molecular flexibility index (Phi) is 4.70. The van der Waals surface area contributed by atoms with Crippen LogP contribution in [0, 0.1) is 12.7 Å². The van der Waals surface area contributed by atoms with Gasteiger partial charge in [0.15, 0.2) is 0 Å². The number of nitrogen functional groups attached to an aromatic ring is 1. The van der Waals surface area contributed by atoms with Gasteiger partial charge in [-0.3, -0.25) is 0 Å². The SMILES string of the molecule is Cc1cc(N)cc(C(=O)OCc2cc(Cl)ccc2Cl)c1F. The van der Waals surface area contributed by atoms with E-state index < -0.39 is 11.8 Å². The van der Waals surface area contributed by atoms with Gasteiger partial charge in [-0.15, -0.1) is 0 Å². The molecule has 0 aromatic heterocycles. The van der Waals surface area contributed by atoms with Crippen LogP contribution in [0.25, 0.3) is 0 Å². The Morgan fingerprint density at radius 1 is 1.29 bits per heavy atom. The van der Waals surface area contributed by atoms with Crippen LogP contribution < -0.4 is 5.73 Å². The van der Waals surface area contributed by atoms with Crippen LogP contribution in [-0.4, -0.2) is 5.97 Å². The number of hydrogen-bond acceptors (Lipinski definition) is 3. The monoisotopic (exact) mass is 327 g/mol. The second-order valence-corrected chi connectivity index (χ2v) is 5.35. The molecule has 3 nitrogen and oxygen atoms in total. The standard InChI is InChI=1S/C15H12Cl2FNO2/c1-8-4-11(19)6-12(14(8)18)15(20)21-7-9-5-10(16)2-3-13(9)17/h2-6H,7,19H2,1H3. The van der Waals surface area contributed by atoms with Crippen LogP contribution >= 0.6 is 23.2 Å². The van der Waals surface area contributed by atoms with Gasteiger partial charge in [0.2, 0.25) is 0 Å². The molecule has 0 saturated heterocycles. The number of benzene rings is 2. The van der Waals surface area contributed by atoms with Gasteiger partial charge >= 0.3 is 5.97 Å². The Balaban J connectivity index is 2.17. The molecule has 0 atom stereocenters. The predicted molar refractivity (Wildman–Crippen MR) is 81.1 cm³/mol.